The van der Waals surface area contributed by atoms with Crippen molar-refractivity contribution in [2.24, 2.45) is 0 Å². The Bertz CT molecular complexity index is 995. The first kappa shape index (κ1) is 20.2. The van der Waals surface area contributed by atoms with Gasteiger partial charge in [0, 0.05) is 52.4 Å². The minimum atomic E-state index is -0.0723. The highest BCUT2D eigenvalue weighted by molar-refractivity contribution is 6.35. The van der Waals surface area contributed by atoms with Crippen LogP contribution in [0.1, 0.15) is 16.2 Å². The number of hydrogen-bond donors (Lipinski definition) is 0. The van der Waals surface area contributed by atoms with Crippen LogP contribution in [0.5, 0.6) is 0 Å². The van der Waals surface area contributed by atoms with Gasteiger partial charge in [-0.2, -0.15) is 4.98 Å². The average Bonchev–Trinajstić information content (AvgIpc) is 3.16. The molecule has 0 atom stereocenters. The van der Waals surface area contributed by atoms with E-state index in [9.17, 15) is 4.79 Å². The minimum Gasteiger partial charge on any atom is -0.338 e. The summed E-state index contributed by atoms with van der Waals surface area (Å²) in [7, 11) is 0. The molecule has 0 spiro atoms. The van der Waals surface area contributed by atoms with Crippen LogP contribution in [-0.4, -0.2) is 52.0 Å². The second kappa shape index (κ2) is 8.71. The normalized spacial score (nSPS) is 14.9. The van der Waals surface area contributed by atoms with Crippen LogP contribution in [0.15, 0.2) is 47.0 Å². The van der Waals surface area contributed by atoms with Crippen molar-refractivity contribution >= 4 is 40.7 Å². The summed E-state index contributed by atoms with van der Waals surface area (Å²) < 4.78 is 5.38. The molecule has 6 nitrogen and oxygen atoms in total. The van der Waals surface area contributed by atoms with Crippen LogP contribution >= 0.6 is 34.8 Å². The van der Waals surface area contributed by atoms with Gasteiger partial charge in [0.2, 0.25) is 11.7 Å². The van der Waals surface area contributed by atoms with Crippen molar-refractivity contribution in [1.82, 2.24) is 19.9 Å². The molecule has 0 saturated carbocycles. The lowest BCUT2D eigenvalue weighted by Gasteiger charge is -2.34. The number of amides is 1. The van der Waals surface area contributed by atoms with E-state index in [4.69, 9.17) is 39.3 Å². The minimum absolute atomic E-state index is 0.0723. The molecule has 150 valence electrons. The lowest BCUT2D eigenvalue weighted by atomic mass is 10.2. The first-order valence-electron chi connectivity index (χ1n) is 9.04. The zero-order chi connectivity index (χ0) is 20.4. The predicted molar refractivity (Wildman–Crippen MR) is 112 cm³/mol. The third-order valence-electron chi connectivity index (χ3n) is 4.70. The topological polar surface area (TPSA) is 62.5 Å². The van der Waals surface area contributed by atoms with E-state index in [0.29, 0.717) is 65.1 Å². The van der Waals surface area contributed by atoms with Gasteiger partial charge in [0.05, 0.1) is 6.54 Å². The second-order valence-corrected chi connectivity index (χ2v) is 8.05. The van der Waals surface area contributed by atoms with E-state index in [-0.39, 0.29) is 5.91 Å². The summed E-state index contributed by atoms with van der Waals surface area (Å²) in [6.45, 7) is 3.14. The van der Waals surface area contributed by atoms with Gasteiger partial charge < -0.3 is 9.42 Å². The molecular weight excluding hydrogens is 435 g/mol. The molecule has 1 saturated heterocycles. The Kier molecular flexibility index (Phi) is 6.06. The third-order valence-corrected chi connectivity index (χ3v) is 5.39. The predicted octanol–water partition coefficient (Wildman–Crippen LogP) is 4.65. The highest BCUT2D eigenvalue weighted by Crippen LogP contribution is 2.22. The molecule has 4 rings (SSSR count). The number of aromatic nitrogens is 2. The van der Waals surface area contributed by atoms with Crippen LogP contribution in [0.4, 0.5) is 0 Å². The lowest BCUT2D eigenvalue weighted by molar-refractivity contribution is 0.0615. The van der Waals surface area contributed by atoms with Gasteiger partial charge >= 0.3 is 0 Å². The summed E-state index contributed by atoms with van der Waals surface area (Å²) in [5.41, 5.74) is 1.35. The number of piperazine rings is 1. The average molecular weight is 452 g/mol. The Hall–Kier alpha value is -2.12. The molecule has 3 aromatic rings. The maximum Gasteiger partial charge on any atom is 0.254 e. The highest BCUT2D eigenvalue weighted by atomic mass is 35.5. The molecule has 1 aliphatic rings. The van der Waals surface area contributed by atoms with Crippen molar-refractivity contribution in [2.45, 2.75) is 6.54 Å². The SMILES string of the molecule is O=C(c1cc(Cl)cc(Cl)c1)N1CCN(Cc2nc(-c3ccc(Cl)cc3)no2)CC1. The standard InChI is InChI=1S/C20H17Cl3N4O2/c21-15-3-1-13(2-4-15)19-24-18(29-25-19)12-26-5-7-27(8-6-26)20(28)14-9-16(22)11-17(23)10-14/h1-4,9-11H,5-8,12H2. The van der Waals surface area contributed by atoms with E-state index >= 15 is 0 Å². The van der Waals surface area contributed by atoms with Crippen molar-refractivity contribution in [3.63, 3.8) is 0 Å². The Morgan fingerprint density at radius 3 is 2.24 bits per heavy atom. The molecule has 1 fully saturated rings. The molecule has 2 aromatic carbocycles. The molecule has 1 aromatic heterocycles. The van der Waals surface area contributed by atoms with Gasteiger partial charge in [-0.25, -0.2) is 0 Å². The quantitative estimate of drug-likeness (QED) is 0.577. The fourth-order valence-corrected chi connectivity index (χ4v) is 3.85. The van der Waals surface area contributed by atoms with E-state index in [1.165, 1.54) is 0 Å². The van der Waals surface area contributed by atoms with Crippen LogP contribution in [0.3, 0.4) is 0 Å². The van der Waals surface area contributed by atoms with Gasteiger partial charge in [0.15, 0.2) is 0 Å². The molecular formula is C20H17Cl3N4O2. The molecule has 1 amide bonds. The first-order chi connectivity index (χ1) is 14.0. The summed E-state index contributed by atoms with van der Waals surface area (Å²) >= 11 is 17.9. The van der Waals surface area contributed by atoms with E-state index in [1.54, 1.807) is 35.2 Å². The summed E-state index contributed by atoms with van der Waals surface area (Å²) in [6, 6.07) is 12.2. The van der Waals surface area contributed by atoms with Gasteiger partial charge in [0.1, 0.15) is 0 Å². The van der Waals surface area contributed by atoms with Crippen molar-refractivity contribution in [2.75, 3.05) is 26.2 Å². The number of rotatable bonds is 4. The summed E-state index contributed by atoms with van der Waals surface area (Å²) in [6.07, 6.45) is 0. The van der Waals surface area contributed by atoms with Crippen LogP contribution in [0, 0.1) is 0 Å². The smallest absolute Gasteiger partial charge is 0.254 e. The maximum absolute atomic E-state index is 12.7. The fourth-order valence-electron chi connectivity index (χ4n) is 3.20. The largest absolute Gasteiger partial charge is 0.338 e. The van der Waals surface area contributed by atoms with E-state index in [2.05, 4.69) is 15.0 Å². The summed E-state index contributed by atoms with van der Waals surface area (Å²) in [4.78, 5) is 21.1. The van der Waals surface area contributed by atoms with Gasteiger partial charge in [-0.05, 0) is 42.5 Å². The number of carbonyl (C=O) groups is 1. The zero-order valence-electron chi connectivity index (χ0n) is 15.3. The lowest BCUT2D eigenvalue weighted by Crippen LogP contribution is -2.48. The maximum atomic E-state index is 12.7. The molecule has 1 aliphatic heterocycles. The van der Waals surface area contributed by atoms with Gasteiger partial charge in [0.25, 0.3) is 5.91 Å². The molecule has 0 aliphatic carbocycles. The van der Waals surface area contributed by atoms with Gasteiger partial charge in [-0.1, -0.05) is 40.0 Å². The zero-order valence-corrected chi connectivity index (χ0v) is 17.6. The molecule has 0 unspecified atom stereocenters. The van der Waals surface area contributed by atoms with Crippen molar-refractivity contribution in [1.29, 1.82) is 0 Å². The Labute approximate surface area is 183 Å². The monoisotopic (exact) mass is 450 g/mol. The van der Waals surface area contributed by atoms with Crippen molar-refractivity contribution in [3.8, 4) is 11.4 Å². The number of hydrogen-bond acceptors (Lipinski definition) is 5. The van der Waals surface area contributed by atoms with Crippen molar-refractivity contribution in [3.05, 3.63) is 69.0 Å². The Morgan fingerprint density at radius 1 is 0.931 bits per heavy atom. The van der Waals surface area contributed by atoms with Gasteiger partial charge in [-0.15, -0.1) is 0 Å². The molecule has 9 heteroatoms. The van der Waals surface area contributed by atoms with Crippen LogP contribution in [0.2, 0.25) is 15.1 Å². The van der Waals surface area contributed by atoms with Crippen LogP contribution in [-0.2, 0) is 6.54 Å². The summed E-state index contributed by atoms with van der Waals surface area (Å²) in [5.74, 6) is 0.997. The number of nitrogens with zero attached hydrogens (tertiary/aromatic N) is 4. The molecule has 0 bridgehead atoms. The van der Waals surface area contributed by atoms with Crippen LogP contribution < -0.4 is 0 Å². The van der Waals surface area contributed by atoms with E-state index in [0.717, 1.165) is 5.56 Å². The number of halogens is 3. The van der Waals surface area contributed by atoms with Crippen LogP contribution in [0.25, 0.3) is 11.4 Å². The Morgan fingerprint density at radius 2 is 1.59 bits per heavy atom. The van der Waals surface area contributed by atoms with Crippen molar-refractivity contribution < 1.29 is 9.32 Å². The fraction of sp³-hybridized carbons (Fsp3) is 0.250. The Balaban J connectivity index is 1.34. The van der Waals surface area contributed by atoms with E-state index in [1.807, 2.05) is 12.1 Å². The third kappa shape index (κ3) is 4.90. The second-order valence-electron chi connectivity index (χ2n) is 6.75. The highest BCUT2D eigenvalue weighted by Gasteiger charge is 2.24. The molecule has 0 radical (unpaired) electrons. The molecule has 29 heavy (non-hydrogen) atoms. The number of carbonyl (C=O) groups excluding carboxylic acids is 1. The first-order valence-corrected chi connectivity index (χ1v) is 10.2. The van der Waals surface area contributed by atoms with Gasteiger partial charge in [-0.3, -0.25) is 9.69 Å². The molecule has 0 N–H and O–H groups in total. The van der Waals surface area contributed by atoms with E-state index < -0.39 is 0 Å². The summed E-state index contributed by atoms with van der Waals surface area (Å²) in [5, 5.41) is 5.60. The molecule has 2 heterocycles. The number of benzene rings is 2.